The number of hydrogen-bond acceptors (Lipinski definition) is 0. The molecule has 12 heteroatoms. The molecule has 1 unspecified atom stereocenters. The Labute approximate surface area is 195 Å². The van der Waals surface area contributed by atoms with E-state index < -0.39 is 95.7 Å². The quantitative estimate of drug-likeness (QED) is 0.153. The molecular formula is C23H17BF10Si. The molecule has 0 aromatic heterocycles. The Kier molecular flexibility index (Phi) is 7.45. The van der Waals surface area contributed by atoms with E-state index in [1.54, 1.807) is 50.0 Å². The maximum atomic E-state index is 14.8. The van der Waals surface area contributed by atoms with Crippen LogP contribution in [0, 0.1) is 58.2 Å². The lowest BCUT2D eigenvalue weighted by Gasteiger charge is -2.32. The van der Waals surface area contributed by atoms with Gasteiger partial charge in [-0.15, -0.1) is 0 Å². The first-order valence-corrected chi connectivity index (χ1v) is 13.8. The van der Waals surface area contributed by atoms with Gasteiger partial charge in [0.25, 0.3) is 0 Å². The predicted molar refractivity (Wildman–Crippen MR) is 115 cm³/mol. The summed E-state index contributed by atoms with van der Waals surface area (Å²) >= 11 is 0. The van der Waals surface area contributed by atoms with Crippen LogP contribution in [0.2, 0.25) is 26.0 Å². The molecule has 0 radical (unpaired) electrons. The molecule has 186 valence electrons. The third-order valence-corrected chi connectivity index (χ3v) is 8.56. The summed E-state index contributed by atoms with van der Waals surface area (Å²) in [5, 5.41) is 0. The Hall–Kier alpha value is -2.76. The van der Waals surface area contributed by atoms with Gasteiger partial charge in [-0.3, -0.25) is 0 Å². The topological polar surface area (TPSA) is 0 Å². The van der Waals surface area contributed by atoms with E-state index in [2.05, 4.69) is 0 Å². The molecular weight excluding hydrogens is 505 g/mol. The first kappa shape index (κ1) is 26.8. The molecule has 0 aliphatic rings. The highest BCUT2D eigenvalue weighted by Crippen LogP contribution is 2.33. The molecule has 0 fully saturated rings. The fourth-order valence-corrected chi connectivity index (χ4v) is 6.28. The van der Waals surface area contributed by atoms with Crippen LogP contribution in [0.1, 0.15) is 11.1 Å². The van der Waals surface area contributed by atoms with E-state index in [0.29, 0.717) is 5.56 Å². The van der Waals surface area contributed by atoms with Crippen LogP contribution in [-0.4, -0.2) is 14.8 Å². The third kappa shape index (κ3) is 4.72. The highest BCUT2D eigenvalue weighted by atomic mass is 28.3. The van der Waals surface area contributed by atoms with Crippen LogP contribution in [0.3, 0.4) is 0 Å². The molecule has 0 saturated carbocycles. The SMILES string of the molecule is C[Si](C)(C)C(CB(c1c(F)c(F)c(F)c(F)c1F)c1c(F)c(F)c(F)c(F)c1F)c1ccccc1. The second-order valence-corrected chi connectivity index (χ2v) is 14.5. The van der Waals surface area contributed by atoms with Crippen LogP contribution in [-0.2, 0) is 0 Å². The first-order valence-electron chi connectivity index (χ1n) is 10.3. The van der Waals surface area contributed by atoms with Crippen molar-refractivity contribution >= 4 is 25.7 Å². The summed E-state index contributed by atoms with van der Waals surface area (Å²) in [6.07, 6.45) is -0.698. The van der Waals surface area contributed by atoms with Crippen molar-refractivity contribution in [3.05, 3.63) is 94.1 Å². The lowest BCUT2D eigenvalue weighted by molar-refractivity contribution is 0.382. The monoisotopic (exact) mass is 522 g/mol. The highest BCUT2D eigenvalue weighted by molar-refractivity contribution is 6.88. The van der Waals surface area contributed by atoms with Crippen LogP contribution >= 0.6 is 0 Å². The van der Waals surface area contributed by atoms with Crippen molar-refractivity contribution in [2.24, 2.45) is 0 Å². The summed E-state index contributed by atoms with van der Waals surface area (Å²) in [5.41, 5.74) is -3.60. The fraction of sp³-hybridized carbons (Fsp3) is 0.217. The minimum absolute atomic E-state index is 0.504. The van der Waals surface area contributed by atoms with Gasteiger partial charge in [0.15, 0.2) is 58.2 Å². The van der Waals surface area contributed by atoms with Gasteiger partial charge in [0.1, 0.15) is 0 Å². The molecule has 3 aromatic carbocycles. The van der Waals surface area contributed by atoms with E-state index in [4.69, 9.17) is 0 Å². The van der Waals surface area contributed by atoms with E-state index in [1.807, 2.05) is 0 Å². The van der Waals surface area contributed by atoms with Gasteiger partial charge in [-0.1, -0.05) is 56.3 Å². The minimum Gasteiger partial charge on any atom is -0.204 e. The average molecular weight is 522 g/mol. The molecule has 0 spiro atoms. The van der Waals surface area contributed by atoms with Crippen molar-refractivity contribution in [3.8, 4) is 0 Å². The molecule has 0 aliphatic carbocycles. The third-order valence-electron chi connectivity index (χ3n) is 5.90. The lowest BCUT2D eigenvalue weighted by atomic mass is 9.37. The van der Waals surface area contributed by atoms with Crippen molar-refractivity contribution < 1.29 is 43.9 Å². The Balaban J connectivity index is 2.42. The second kappa shape index (κ2) is 9.71. The number of halogens is 10. The summed E-state index contributed by atoms with van der Waals surface area (Å²) in [4.78, 5) is 0. The van der Waals surface area contributed by atoms with E-state index in [0.717, 1.165) is 0 Å². The Morgan fingerprint density at radius 1 is 0.543 bits per heavy atom. The normalized spacial score (nSPS) is 12.7. The zero-order chi connectivity index (χ0) is 26.4. The summed E-state index contributed by atoms with van der Waals surface area (Å²) in [6.45, 7) is 2.89. The largest absolute Gasteiger partial charge is 0.225 e. The van der Waals surface area contributed by atoms with Crippen molar-refractivity contribution in [1.82, 2.24) is 0 Å². The molecule has 0 aliphatic heterocycles. The van der Waals surface area contributed by atoms with Gasteiger partial charge >= 0.3 is 0 Å². The maximum Gasteiger partial charge on any atom is 0.225 e. The molecule has 0 saturated heterocycles. The predicted octanol–water partition coefficient (Wildman–Crippen LogP) is 6.35. The van der Waals surface area contributed by atoms with E-state index in [9.17, 15) is 43.9 Å². The number of benzene rings is 3. The summed E-state index contributed by atoms with van der Waals surface area (Å²) in [5.74, 6) is -24.3. The van der Waals surface area contributed by atoms with Crippen molar-refractivity contribution in [1.29, 1.82) is 0 Å². The van der Waals surface area contributed by atoms with Gasteiger partial charge in [-0.2, -0.15) is 0 Å². The van der Waals surface area contributed by atoms with Crippen LogP contribution in [0.4, 0.5) is 43.9 Å². The van der Waals surface area contributed by atoms with Crippen LogP contribution in [0.15, 0.2) is 30.3 Å². The molecule has 3 rings (SSSR count). The summed E-state index contributed by atoms with van der Waals surface area (Å²) in [7, 11) is -2.51. The lowest BCUT2D eigenvalue weighted by Crippen LogP contribution is -2.53. The average Bonchev–Trinajstić information content (AvgIpc) is 2.81. The fourth-order valence-electron chi connectivity index (χ4n) is 4.15. The second-order valence-electron chi connectivity index (χ2n) is 9.08. The zero-order valence-corrected chi connectivity index (χ0v) is 19.5. The molecule has 0 N–H and O–H groups in total. The van der Waals surface area contributed by atoms with Crippen LogP contribution in [0.5, 0.6) is 0 Å². The summed E-state index contributed by atoms with van der Waals surface area (Å²) in [6, 6.07) is 7.98. The van der Waals surface area contributed by atoms with Crippen LogP contribution < -0.4 is 10.9 Å². The van der Waals surface area contributed by atoms with E-state index in [-0.39, 0.29) is 0 Å². The molecule has 0 nitrogen and oxygen atoms in total. The number of hydrogen-bond donors (Lipinski definition) is 0. The summed E-state index contributed by atoms with van der Waals surface area (Å²) < 4.78 is 143. The molecule has 35 heavy (non-hydrogen) atoms. The van der Waals surface area contributed by atoms with Crippen LogP contribution in [0.25, 0.3) is 0 Å². The minimum atomic E-state index is -2.52. The highest BCUT2D eigenvalue weighted by Gasteiger charge is 2.42. The van der Waals surface area contributed by atoms with Gasteiger partial charge in [0, 0.05) is 10.9 Å². The Morgan fingerprint density at radius 3 is 1.17 bits per heavy atom. The Morgan fingerprint density at radius 2 is 0.857 bits per heavy atom. The van der Waals surface area contributed by atoms with Gasteiger partial charge in [0.2, 0.25) is 6.71 Å². The van der Waals surface area contributed by atoms with Gasteiger partial charge < -0.3 is 0 Å². The maximum absolute atomic E-state index is 14.8. The Bertz CT molecular complexity index is 1150. The standard InChI is InChI=1S/C23H17BF10Si/c1-35(2,3)11(10-7-5-4-6-8-10)9-24(12-14(25)18(29)22(33)19(30)15(12)26)13-16(27)20(31)23(34)21(32)17(13)28/h4-8,11H,9H2,1-3H3. The van der Waals surface area contributed by atoms with Crippen molar-refractivity contribution in [2.75, 3.05) is 0 Å². The molecule has 0 amide bonds. The van der Waals surface area contributed by atoms with Crippen molar-refractivity contribution in [3.63, 3.8) is 0 Å². The van der Waals surface area contributed by atoms with Gasteiger partial charge in [0.05, 0.1) is 8.07 Å². The van der Waals surface area contributed by atoms with Gasteiger partial charge in [-0.05, 0) is 11.1 Å². The zero-order valence-electron chi connectivity index (χ0n) is 18.5. The molecule has 0 bridgehead atoms. The van der Waals surface area contributed by atoms with Gasteiger partial charge in [-0.25, -0.2) is 43.9 Å². The van der Waals surface area contributed by atoms with E-state index in [1.165, 1.54) is 0 Å². The van der Waals surface area contributed by atoms with Crippen molar-refractivity contribution in [2.45, 2.75) is 31.5 Å². The molecule has 3 aromatic rings. The first-order chi connectivity index (χ1) is 16.2. The molecule has 0 heterocycles. The molecule has 1 atom stereocenters. The number of rotatable bonds is 6. The van der Waals surface area contributed by atoms with E-state index >= 15 is 0 Å². The smallest absolute Gasteiger partial charge is 0.204 e.